The maximum atomic E-state index is 12.2. The van der Waals surface area contributed by atoms with Gasteiger partial charge in [0.25, 0.3) is 5.91 Å². The Bertz CT molecular complexity index is 892. The highest BCUT2D eigenvalue weighted by atomic mass is 32.1. The van der Waals surface area contributed by atoms with E-state index in [0.29, 0.717) is 16.4 Å². The number of aromatic nitrogens is 2. The van der Waals surface area contributed by atoms with Crippen LogP contribution in [-0.4, -0.2) is 21.7 Å². The molecule has 0 aliphatic carbocycles. The highest BCUT2D eigenvalue weighted by Crippen LogP contribution is 2.29. The second kappa shape index (κ2) is 5.38. The molecule has 0 bridgehead atoms. The van der Waals surface area contributed by atoms with Gasteiger partial charge >= 0.3 is 0 Å². The quantitative estimate of drug-likeness (QED) is 0.724. The fourth-order valence-electron chi connectivity index (χ4n) is 2.32. The van der Waals surface area contributed by atoms with Gasteiger partial charge in [0.05, 0.1) is 10.2 Å². The van der Waals surface area contributed by atoms with Crippen molar-refractivity contribution in [3.8, 4) is 0 Å². The van der Waals surface area contributed by atoms with E-state index in [1.165, 1.54) is 30.0 Å². The predicted molar refractivity (Wildman–Crippen MR) is 87.8 cm³/mol. The SMILES string of the molecule is CC(=O)c1c[nH]c(C(=O)Nc2nc3c(C)cc(C)cc3s2)c1. The van der Waals surface area contributed by atoms with E-state index in [-0.39, 0.29) is 11.7 Å². The van der Waals surface area contributed by atoms with Gasteiger partial charge in [0.1, 0.15) is 5.69 Å². The number of aromatic amines is 1. The number of hydrogen-bond donors (Lipinski definition) is 2. The molecule has 0 fully saturated rings. The van der Waals surface area contributed by atoms with Crippen LogP contribution in [0.1, 0.15) is 38.9 Å². The molecule has 22 heavy (non-hydrogen) atoms. The minimum Gasteiger partial charge on any atom is -0.356 e. The summed E-state index contributed by atoms with van der Waals surface area (Å²) in [7, 11) is 0. The van der Waals surface area contributed by atoms with Gasteiger partial charge in [-0.05, 0) is 44.0 Å². The Kier molecular flexibility index (Phi) is 3.54. The lowest BCUT2D eigenvalue weighted by Gasteiger charge is -1.97. The minimum atomic E-state index is -0.305. The summed E-state index contributed by atoms with van der Waals surface area (Å²) in [4.78, 5) is 30.7. The number of nitrogens with one attached hydrogen (secondary N) is 2. The van der Waals surface area contributed by atoms with Gasteiger partial charge in [-0.2, -0.15) is 0 Å². The van der Waals surface area contributed by atoms with Crippen LogP contribution in [0.2, 0.25) is 0 Å². The molecule has 5 nitrogen and oxygen atoms in total. The Hall–Kier alpha value is -2.47. The number of amides is 1. The van der Waals surface area contributed by atoms with Crippen molar-refractivity contribution in [2.45, 2.75) is 20.8 Å². The molecular formula is C16H15N3O2S. The van der Waals surface area contributed by atoms with E-state index in [2.05, 4.69) is 27.4 Å². The van der Waals surface area contributed by atoms with Crippen molar-refractivity contribution in [3.63, 3.8) is 0 Å². The summed E-state index contributed by atoms with van der Waals surface area (Å²) in [6.07, 6.45) is 1.53. The molecule has 112 valence electrons. The third kappa shape index (κ3) is 2.65. The fourth-order valence-corrected chi connectivity index (χ4v) is 3.35. The number of nitrogens with zero attached hydrogens (tertiary/aromatic N) is 1. The van der Waals surface area contributed by atoms with Crippen LogP contribution in [0.25, 0.3) is 10.2 Å². The molecule has 2 aromatic heterocycles. The Balaban J connectivity index is 1.87. The van der Waals surface area contributed by atoms with Crippen molar-refractivity contribution in [2.75, 3.05) is 5.32 Å². The number of Topliss-reactive ketones (excluding diaryl/α,β-unsaturated/α-hetero) is 1. The second-order valence-corrected chi connectivity index (χ2v) is 6.29. The third-order valence-electron chi connectivity index (χ3n) is 3.38. The van der Waals surface area contributed by atoms with Gasteiger partial charge in [0.2, 0.25) is 0 Å². The number of carbonyl (C=O) groups excluding carboxylic acids is 2. The summed E-state index contributed by atoms with van der Waals surface area (Å²) in [5.41, 5.74) is 3.99. The summed E-state index contributed by atoms with van der Waals surface area (Å²) < 4.78 is 1.05. The lowest BCUT2D eigenvalue weighted by Crippen LogP contribution is -2.11. The molecule has 3 rings (SSSR count). The van der Waals surface area contributed by atoms with Crippen LogP contribution in [0.4, 0.5) is 5.13 Å². The molecule has 0 aliphatic rings. The van der Waals surface area contributed by atoms with E-state index in [4.69, 9.17) is 0 Å². The lowest BCUT2D eigenvalue weighted by molar-refractivity contribution is 0.101. The summed E-state index contributed by atoms with van der Waals surface area (Å²) in [6, 6.07) is 5.66. The molecule has 0 saturated heterocycles. The fraction of sp³-hybridized carbons (Fsp3) is 0.188. The normalized spacial score (nSPS) is 10.9. The molecule has 0 radical (unpaired) electrons. The summed E-state index contributed by atoms with van der Waals surface area (Å²) in [5, 5.41) is 3.32. The number of aryl methyl sites for hydroxylation is 2. The first-order valence-electron chi connectivity index (χ1n) is 6.82. The number of thiazole rings is 1. The number of hydrogen-bond acceptors (Lipinski definition) is 4. The van der Waals surface area contributed by atoms with Crippen LogP contribution in [0, 0.1) is 13.8 Å². The van der Waals surface area contributed by atoms with E-state index < -0.39 is 0 Å². The van der Waals surface area contributed by atoms with Crippen LogP contribution in [0.3, 0.4) is 0 Å². The lowest BCUT2D eigenvalue weighted by atomic mass is 10.1. The van der Waals surface area contributed by atoms with Crippen LogP contribution < -0.4 is 5.32 Å². The molecule has 0 spiro atoms. The number of fused-ring (bicyclic) bond motifs is 1. The molecule has 2 N–H and O–H groups in total. The van der Waals surface area contributed by atoms with Gasteiger partial charge in [-0.15, -0.1) is 0 Å². The Labute approximate surface area is 131 Å². The van der Waals surface area contributed by atoms with Gasteiger partial charge in [-0.1, -0.05) is 17.4 Å². The van der Waals surface area contributed by atoms with Crippen molar-refractivity contribution in [1.29, 1.82) is 0 Å². The molecular weight excluding hydrogens is 298 g/mol. The predicted octanol–water partition coefficient (Wildman–Crippen LogP) is 3.70. The monoisotopic (exact) mass is 313 g/mol. The molecule has 0 aliphatic heterocycles. The average Bonchev–Trinajstić information content (AvgIpc) is 3.04. The number of carbonyl (C=O) groups is 2. The van der Waals surface area contributed by atoms with Crippen LogP contribution in [-0.2, 0) is 0 Å². The van der Waals surface area contributed by atoms with Crippen LogP contribution >= 0.6 is 11.3 Å². The number of ketones is 1. The third-order valence-corrected chi connectivity index (χ3v) is 4.30. The molecule has 2 heterocycles. The maximum absolute atomic E-state index is 12.2. The van der Waals surface area contributed by atoms with E-state index >= 15 is 0 Å². The first kappa shape index (κ1) is 14.5. The maximum Gasteiger partial charge on any atom is 0.273 e. The van der Waals surface area contributed by atoms with Gasteiger partial charge in [-0.3, -0.25) is 14.9 Å². The zero-order valence-corrected chi connectivity index (χ0v) is 13.3. The molecule has 3 aromatic rings. The zero-order valence-electron chi connectivity index (χ0n) is 12.5. The molecule has 0 unspecified atom stereocenters. The Morgan fingerprint density at radius 3 is 2.68 bits per heavy atom. The largest absolute Gasteiger partial charge is 0.356 e. The minimum absolute atomic E-state index is 0.0820. The van der Waals surface area contributed by atoms with E-state index in [0.717, 1.165) is 15.8 Å². The summed E-state index contributed by atoms with van der Waals surface area (Å²) in [6.45, 7) is 5.50. The molecule has 0 saturated carbocycles. The topological polar surface area (TPSA) is 74.8 Å². The van der Waals surface area contributed by atoms with Crippen molar-refractivity contribution in [3.05, 3.63) is 46.8 Å². The summed E-state index contributed by atoms with van der Waals surface area (Å²) >= 11 is 1.44. The molecule has 0 atom stereocenters. The van der Waals surface area contributed by atoms with E-state index in [1.807, 2.05) is 13.8 Å². The first-order valence-corrected chi connectivity index (χ1v) is 7.64. The van der Waals surface area contributed by atoms with E-state index in [1.54, 1.807) is 6.07 Å². The molecule has 1 amide bonds. The summed E-state index contributed by atoms with van der Waals surface area (Å²) in [5.74, 6) is -0.387. The van der Waals surface area contributed by atoms with Crippen molar-refractivity contribution < 1.29 is 9.59 Å². The Morgan fingerprint density at radius 2 is 2.00 bits per heavy atom. The van der Waals surface area contributed by atoms with Gasteiger partial charge in [-0.25, -0.2) is 4.98 Å². The van der Waals surface area contributed by atoms with Crippen molar-refractivity contribution in [1.82, 2.24) is 9.97 Å². The van der Waals surface area contributed by atoms with Gasteiger partial charge in [0, 0.05) is 11.8 Å². The number of H-pyrrole nitrogens is 1. The van der Waals surface area contributed by atoms with Crippen molar-refractivity contribution in [2.24, 2.45) is 0 Å². The smallest absolute Gasteiger partial charge is 0.273 e. The van der Waals surface area contributed by atoms with Crippen LogP contribution in [0.5, 0.6) is 0 Å². The second-order valence-electron chi connectivity index (χ2n) is 5.26. The van der Waals surface area contributed by atoms with Gasteiger partial charge < -0.3 is 4.98 Å². The zero-order chi connectivity index (χ0) is 15.9. The standard InChI is InChI=1S/C16H15N3O2S/c1-8-4-9(2)14-13(5-8)22-16(18-14)19-15(21)12-6-11(7-17-12)10(3)20/h4-7,17H,1-3H3,(H,18,19,21). The van der Waals surface area contributed by atoms with E-state index in [9.17, 15) is 9.59 Å². The highest BCUT2D eigenvalue weighted by molar-refractivity contribution is 7.22. The number of benzene rings is 1. The number of anilines is 1. The van der Waals surface area contributed by atoms with Gasteiger partial charge in [0.15, 0.2) is 10.9 Å². The average molecular weight is 313 g/mol. The first-order chi connectivity index (χ1) is 10.4. The highest BCUT2D eigenvalue weighted by Gasteiger charge is 2.14. The van der Waals surface area contributed by atoms with Crippen LogP contribution in [0.15, 0.2) is 24.4 Å². The van der Waals surface area contributed by atoms with Crippen molar-refractivity contribution >= 4 is 38.4 Å². The molecule has 6 heteroatoms. The molecule has 1 aromatic carbocycles. The number of rotatable bonds is 3. The Morgan fingerprint density at radius 1 is 1.23 bits per heavy atom.